The summed E-state index contributed by atoms with van der Waals surface area (Å²) >= 11 is 0. The molecule has 0 heterocycles. The topological polar surface area (TPSA) is 104 Å². The number of rotatable bonds is 3. The van der Waals surface area contributed by atoms with Crippen LogP contribution in [0.5, 0.6) is 5.75 Å². The molecule has 1 rings (SSSR count). The van der Waals surface area contributed by atoms with Crippen molar-refractivity contribution in [3.63, 3.8) is 0 Å². The molecule has 0 atom stereocenters. The molecule has 5 N–H and O–H groups in total. The van der Waals surface area contributed by atoms with Gasteiger partial charge in [0.2, 0.25) is 0 Å². The Balaban J connectivity index is 3.08. The first-order valence-electron chi connectivity index (χ1n) is 8.03. The first-order valence-corrected chi connectivity index (χ1v) is 8.03. The molecule has 0 saturated carbocycles. The number of phenols is 1. The van der Waals surface area contributed by atoms with Gasteiger partial charge in [0.05, 0.1) is 0 Å². The molecular formula is C18H29N3O3. The van der Waals surface area contributed by atoms with Gasteiger partial charge in [0.25, 0.3) is 0 Å². The molecule has 134 valence electrons. The highest BCUT2D eigenvalue weighted by Crippen LogP contribution is 2.39. The minimum Gasteiger partial charge on any atom is -0.507 e. The number of phenolic OH excluding ortho intramolecular Hbond substituents is 1. The van der Waals surface area contributed by atoms with Gasteiger partial charge in [-0.3, -0.25) is 15.0 Å². The van der Waals surface area contributed by atoms with Gasteiger partial charge in [0, 0.05) is 6.54 Å². The van der Waals surface area contributed by atoms with E-state index in [9.17, 15) is 14.7 Å². The zero-order valence-electron chi connectivity index (χ0n) is 15.4. The van der Waals surface area contributed by atoms with Crippen molar-refractivity contribution in [2.24, 2.45) is 5.84 Å². The lowest BCUT2D eigenvalue weighted by atomic mass is 9.78. The number of benzene rings is 1. The third-order valence-electron chi connectivity index (χ3n) is 3.82. The molecule has 1 aromatic rings. The zero-order valence-corrected chi connectivity index (χ0v) is 15.4. The van der Waals surface area contributed by atoms with Crippen molar-refractivity contribution < 1.29 is 14.7 Å². The van der Waals surface area contributed by atoms with Crippen LogP contribution in [-0.4, -0.2) is 23.5 Å². The first kappa shape index (κ1) is 20.0. The summed E-state index contributed by atoms with van der Waals surface area (Å²) in [4.78, 5) is 22.5. The number of amides is 2. The fraction of sp³-hybridized carbons (Fsp3) is 0.556. The van der Waals surface area contributed by atoms with Crippen molar-refractivity contribution in [1.29, 1.82) is 0 Å². The lowest BCUT2D eigenvalue weighted by Crippen LogP contribution is -2.43. The van der Waals surface area contributed by atoms with E-state index in [1.54, 1.807) is 5.43 Å². The van der Waals surface area contributed by atoms with Gasteiger partial charge in [0.15, 0.2) is 0 Å². The highest BCUT2D eigenvalue weighted by molar-refractivity contribution is 6.34. The SMILES string of the molecule is CC(C)(C)c1cc(CCNC(=O)C(=O)NN)cc(C(C)(C)C)c1O. The Kier molecular flexibility index (Phi) is 6.00. The van der Waals surface area contributed by atoms with Crippen LogP contribution in [0.2, 0.25) is 0 Å². The fourth-order valence-electron chi connectivity index (χ4n) is 2.45. The summed E-state index contributed by atoms with van der Waals surface area (Å²) in [6.45, 7) is 12.6. The van der Waals surface area contributed by atoms with E-state index in [1.165, 1.54) is 0 Å². The van der Waals surface area contributed by atoms with Crippen molar-refractivity contribution in [3.8, 4) is 5.75 Å². The van der Waals surface area contributed by atoms with Crippen LogP contribution in [0, 0.1) is 0 Å². The van der Waals surface area contributed by atoms with Gasteiger partial charge >= 0.3 is 11.8 Å². The lowest BCUT2D eigenvalue weighted by molar-refractivity contribution is -0.139. The van der Waals surface area contributed by atoms with E-state index in [4.69, 9.17) is 5.84 Å². The van der Waals surface area contributed by atoms with Crippen LogP contribution in [0.25, 0.3) is 0 Å². The van der Waals surface area contributed by atoms with E-state index < -0.39 is 11.8 Å². The molecule has 2 amide bonds. The van der Waals surface area contributed by atoms with E-state index in [2.05, 4.69) is 5.32 Å². The fourth-order valence-corrected chi connectivity index (χ4v) is 2.45. The molecule has 0 aliphatic carbocycles. The average Bonchev–Trinajstić information content (AvgIpc) is 2.45. The summed E-state index contributed by atoms with van der Waals surface area (Å²) in [6, 6.07) is 3.92. The molecule has 0 radical (unpaired) electrons. The Morgan fingerprint density at radius 3 is 1.83 bits per heavy atom. The number of hydrogen-bond acceptors (Lipinski definition) is 4. The summed E-state index contributed by atoms with van der Waals surface area (Å²) in [7, 11) is 0. The molecule has 0 bridgehead atoms. The normalized spacial score (nSPS) is 12.0. The van der Waals surface area contributed by atoms with Crippen molar-refractivity contribution >= 4 is 11.8 Å². The first-order chi connectivity index (χ1) is 10.9. The minimum absolute atomic E-state index is 0.206. The van der Waals surface area contributed by atoms with E-state index in [0.717, 1.165) is 16.7 Å². The molecule has 0 fully saturated rings. The lowest BCUT2D eigenvalue weighted by Gasteiger charge is -2.28. The van der Waals surface area contributed by atoms with Crippen LogP contribution < -0.4 is 16.6 Å². The number of nitrogens with one attached hydrogen (secondary N) is 2. The molecule has 0 saturated heterocycles. The van der Waals surface area contributed by atoms with Crippen LogP contribution in [0.4, 0.5) is 0 Å². The van der Waals surface area contributed by atoms with Gasteiger partial charge in [-0.2, -0.15) is 0 Å². The smallest absolute Gasteiger partial charge is 0.323 e. The minimum atomic E-state index is -0.869. The van der Waals surface area contributed by atoms with Gasteiger partial charge < -0.3 is 10.4 Å². The average molecular weight is 335 g/mol. The predicted molar refractivity (Wildman–Crippen MR) is 94.6 cm³/mol. The Labute approximate surface area is 143 Å². The second-order valence-corrected chi connectivity index (χ2v) is 8.02. The number of carbonyl (C=O) groups is 2. The molecule has 0 unspecified atom stereocenters. The molecule has 6 nitrogen and oxygen atoms in total. The highest BCUT2D eigenvalue weighted by atomic mass is 16.3. The Hall–Kier alpha value is -2.08. The molecule has 24 heavy (non-hydrogen) atoms. The van der Waals surface area contributed by atoms with E-state index >= 15 is 0 Å². The van der Waals surface area contributed by atoms with Crippen molar-refractivity contribution in [1.82, 2.24) is 10.7 Å². The summed E-state index contributed by atoms with van der Waals surface area (Å²) < 4.78 is 0. The van der Waals surface area contributed by atoms with Crippen LogP contribution in [0.3, 0.4) is 0 Å². The van der Waals surface area contributed by atoms with E-state index in [1.807, 2.05) is 53.7 Å². The van der Waals surface area contributed by atoms with Gasteiger partial charge in [-0.05, 0) is 33.9 Å². The molecule has 0 aliphatic rings. The second-order valence-electron chi connectivity index (χ2n) is 8.02. The quantitative estimate of drug-likeness (QED) is 0.292. The summed E-state index contributed by atoms with van der Waals surface area (Å²) in [5.41, 5.74) is 4.12. The van der Waals surface area contributed by atoms with Gasteiger partial charge in [0.1, 0.15) is 5.75 Å². The molecule has 1 aromatic carbocycles. The summed E-state index contributed by atoms with van der Waals surface area (Å²) in [5.74, 6) is 3.61. The van der Waals surface area contributed by atoms with Gasteiger partial charge in [-0.15, -0.1) is 0 Å². The van der Waals surface area contributed by atoms with Crippen LogP contribution in [0.1, 0.15) is 58.2 Å². The number of aromatic hydroxyl groups is 1. The Morgan fingerprint density at radius 1 is 1.00 bits per heavy atom. The second kappa shape index (κ2) is 7.21. The number of hydrazine groups is 1. The predicted octanol–water partition coefficient (Wildman–Crippen LogP) is 1.64. The summed E-state index contributed by atoms with van der Waals surface area (Å²) in [6.07, 6.45) is 0.552. The maximum absolute atomic E-state index is 11.4. The van der Waals surface area contributed by atoms with E-state index in [-0.39, 0.29) is 10.8 Å². The van der Waals surface area contributed by atoms with Crippen molar-refractivity contribution in [2.45, 2.75) is 58.8 Å². The molecular weight excluding hydrogens is 306 g/mol. The van der Waals surface area contributed by atoms with Crippen LogP contribution >= 0.6 is 0 Å². The number of carbonyl (C=O) groups excluding carboxylic acids is 2. The molecule has 0 aromatic heterocycles. The van der Waals surface area contributed by atoms with E-state index in [0.29, 0.717) is 18.7 Å². The molecule has 0 aliphatic heterocycles. The zero-order chi connectivity index (χ0) is 18.7. The number of nitrogens with two attached hydrogens (primary N) is 1. The maximum Gasteiger partial charge on any atom is 0.323 e. The molecule has 6 heteroatoms. The standard InChI is InChI=1S/C18H29N3O3/c1-17(2,3)12-9-11(7-8-20-15(23)16(24)21-19)10-13(14(12)22)18(4,5)6/h9-10,22H,7-8,19H2,1-6H3,(H,20,23)(H,21,24). The molecule has 0 spiro atoms. The third kappa shape index (κ3) is 4.96. The monoisotopic (exact) mass is 335 g/mol. The highest BCUT2D eigenvalue weighted by Gasteiger charge is 2.26. The largest absolute Gasteiger partial charge is 0.507 e. The Morgan fingerprint density at radius 2 is 1.46 bits per heavy atom. The van der Waals surface area contributed by atoms with Crippen molar-refractivity contribution in [3.05, 3.63) is 28.8 Å². The van der Waals surface area contributed by atoms with Gasteiger partial charge in [-0.1, -0.05) is 53.7 Å². The van der Waals surface area contributed by atoms with Crippen molar-refractivity contribution in [2.75, 3.05) is 6.54 Å². The maximum atomic E-state index is 11.4. The van der Waals surface area contributed by atoms with Crippen LogP contribution in [0.15, 0.2) is 12.1 Å². The summed E-state index contributed by atoms with van der Waals surface area (Å²) in [5, 5.41) is 13.2. The van der Waals surface area contributed by atoms with Gasteiger partial charge in [-0.25, -0.2) is 5.84 Å². The Bertz CT molecular complexity index is 590. The third-order valence-corrected chi connectivity index (χ3v) is 3.82. The van der Waals surface area contributed by atoms with Crippen LogP contribution in [-0.2, 0) is 26.8 Å². The number of hydrogen-bond donors (Lipinski definition) is 4.